The molecule has 16 heavy (non-hydrogen) atoms. The van der Waals surface area contributed by atoms with Crippen LogP contribution in [0.5, 0.6) is 0 Å². The first-order valence-electron chi connectivity index (χ1n) is 6.49. The van der Waals surface area contributed by atoms with E-state index in [2.05, 4.69) is 33.4 Å². The quantitative estimate of drug-likeness (QED) is 0.370. The number of ether oxygens (including phenoxy) is 2. The molecule has 0 aliphatic rings. The van der Waals surface area contributed by atoms with Crippen LogP contribution in [0.15, 0.2) is 0 Å². The summed E-state index contributed by atoms with van der Waals surface area (Å²) in [5, 5.41) is 0. The van der Waals surface area contributed by atoms with E-state index in [1.165, 1.54) is 0 Å². The third-order valence-electron chi connectivity index (χ3n) is 2.88. The topological polar surface area (TPSA) is 18.5 Å². The summed E-state index contributed by atoms with van der Waals surface area (Å²) in [5.41, 5.74) is -0.283. The van der Waals surface area contributed by atoms with E-state index in [1.807, 2.05) is 0 Å². The molecule has 0 rings (SSSR count). The Morgan fingerprint density at radius 1 is 1.19 bits per heavy atom. The Labute approximate surface area is 109 Å². The average molecular weight is 265 g/mol. The molecule has 4 heteroatoms. The van der Waals surface area contributed by atoms with Crippen molar-refractivity contribution < 1.29 is 9.47 Å². The molecule has 0 fully saturated rings. The summed E-state index contributed by atoms with van der Waals surface area (Å²) < 4.78 is 11.9. The Balaban J connectivity index is 4.24. The summed E-state index contributed by atoms with van der Waals surface area (Å²) in [6.45, 7) is 8.12. The molecular weight excluding hydrogens is 236 g/mol. The van der Waals surface area contributed by atoms with Gasteiger partial charge in [-0.25, -0.2) is 0 Å². The van der Waals surface area contributed by atoms with Gasteiger partial charge in [0.25, 0.3) is 0 Å². The number of hydrogen-bond donors (Lipinski definition) is 1. The van der Waals surface area contributed by atoms with Crippen LogP contribution in [-0.2, 0) is 9.47 Å². The molecule has 0 amide bonds. The van der Waals surface area contributed by atoms with Crippen molar-refractivity contribution in [2.45, 2.75) is 51.9 Å². The minimum absolute atomic E-state index is 0.283. The van der Waals surface area contributed by atoms with Gasteiger partial charge in [0.05, 0.1) is 10.2 Å². The highest BCUT2D eigenvalue weighted by atomic mass is 32.1. The second kappa shape index (κ2) is 9.51. The average Bonchev–Trinajstić information content (AvgIpc) is 2.30. The van der Waals surface area contributed by atoms with Gasteiger partial charge < -0.3 is 9.47 Å². The molecule has 0 aromatic heterocycles. The van der Waals surface area contributed by atoms with Gasteiger partial charge in [0.15, 0.2) is 0 Å². The van der Waals surface area contributed by atoms with E-state index in [-0.39, 0.29) is 5.41 Å². The highest BCUT2D eigenvalue weighted by molar-refractivity contribution is 7.80. The normalized spacial score (nSPS) is 14.2. The van der Waals surface area contributed by atoms with Crippen LogP contribution in [0, 0.1) is 5.92 Å². The molecule has 1 unspecified atom stereocenters. The van der Waals surface area contributed by atoms with Gasteiger partial charge in [-0.05, 0) is 31.4 Å². The van der Waals surface area contributed by atoms with E-state index in [0.717, 1.165) is 54.9 Å². The maximum absolute atomic E-state index is 5.95. The van der Waals surface area contributed by atoms with Crippen molar-refractivity contribution in [3.8, 4) is 0 Å². The van der Waals surface area contributed by atoms with E-state index in [9.17, 15) is 0 Å². The van der Waals surface area contributed by atoms with Gasteiger partial charge in [-0.2, -0.15) is 12.6 Å². The predicted octanol–water partition coefficient (Wildman–Crippen LogP) is 2.20. The predicted molar refractivity (Wildman–Crippen MR) is 77.4 cm³/mol. The lowest BCUT2D eigenvalue weighted by molar-refractivity contribution is -0.207. The van der Waals surface area contributed by atoms with Crippen LogP contribution in [0.25, 0.3) is 0 Å². The summed E-state index contributed by atoms with van der Waals surface area (Å²) >= 11 is 4.26. The molecule has 0 radical (unpaired) electrons. The largest absolute Gasteiger partial charge is 0.355 e. The fourth-order valence-corrected chi connectivity index (χ4v) is 2.47. The second-order valence-corrected chi connectivity index (χ2v) is 6.32. The van der Waals surface area contributed by atoms with Crippen molar-refractivity contribution in [1.82, 2.24) is 0 Å². The SMILES string of the molecule is CCCOC([SiH3])(OCCC)C(C)CCCS. The van der Waals surface area contributed by atoms with Gasteiger partial charge in [0.1, 0.15) is 5.41 Å². The molecular formula is C12H28O2SSi. The minimum atomic E-state index is -0.283. The smallest absolute Gasteiger partial charge is 0.144 e. The van der Waals surface area contributed by atoms with E-state index in [1.54, 1.807) is 0 Å². The third-order valence-corrected chi connectivity index (χ3v) is 4.76. The van der Waals surface area contributed by atoms with Crippen molar-refractivity contribution in [3.05, 3.63) is 0 Å². The number of rotatable bonds is 10. The van der Waals surface area contributed by atoms with Gasteiger partial charge in [0, 0.05) is 19.1 Å². The van der Waals surface area contributed by atoms with Gasteiger partial charge in [-0.15, -0.1) is 0 Å². The highest BCUT2D eigenvalue weighted by Gasteiger charge is 2.31. The maximum atomic E-state index is 5.95. The zero-order valence-electron chi connectivity index (χ0n) is 11.3. The fraction of sp³-hybridized carbons (Fsp3) is 1.00. The number of thiol groups is 1. The van der Waals surface area contributed by atoms with E-state index in [4.69, 9.17) is 9.47 Å². The zero-order chi connectivity index (χ0) is 12.4. The van der Waals surface area contributed by atoms with Crippen molar-refractivity contribution in [2.24, 2.45) is 5.92 Å². The van der Waals surface area contributed by atoms with Crippen LogP contribution < -0.4 is 0 Å². The second-order valence-electron chi connectivity index (χ2n) is 4.48. The first kappa shape index (κ1) is 16.5. The molecule has 0 saturated carbocycles. The van der Waals surface area contributed by atoms with E-state index in [0.29, 0.717) is 5.92 Å². The Bertz CT molecular complexity index is 159. The van der Waals surface area contributed by atoms with Crippen molar-refractivity contribution >= 4 is 22.9 Å². The van der Waals surface area contributed by atoms with Crippen molar-refractivity contribution in [1.29, 1.82) is 0 Å². The van der Waals surface area contributed by atoms with Crippen LogP contribution in [0.1, 0.15) is 46.5 Å². The van der Waals surface area contributed by atoms with Crippen LogP contribution in [0.3, 0.4) is 0 Å². The van der Waals surface area contributed by atoms with Crippen molar-refractivity contribution in [3.63, 3.8) is 0 Å². The van der Waals surface area contributed by atoms with E-state index >= 15 is 0 Å². The first-order valence-corrected chi connectivity index (χ1v) is 8.12. The van der Waals surface area contributed by atoms with Crippen molar-refractivity contribution in [2.75, 3.05) is 19.0 Å². The Morgan fingerprint density at radius 2 is 1.69 bits per heavy atom. The molecule has 0 N–H and O–H groups in total. The molecule has 0 spiro atoms. The molecule has 0 aromatic carbocycles. The zero-order valence-corrected chi connectivity index (χ0v) is 14.2. The lowest BCUT2D eigenvalue weighted by Gasteiger charge is -2.36. The standard InChI is InChI=1S/C12H28O2SSi/c1-4-8-13-12(16,14-9-5-2)11(3)7-6-10-15/h11,15H,4-10H2,1-3,16H3. The molecule has 0 heterocycles. The summed E-state index contributed by atoms with van der Waals surface area (Å²) in [4.78, 5) is 0. The summed E-state index contributed by atoms with van der Waals surface area (Å²) in [6, 6.07) is 0. The summed E-state index contributed by atoms with van der Waals surface area (Å²) in [5.74, 6) is 1.42. The number of hydrogen-bond acceptors (Lipinski definition) is 3. The molecule has 0 aliphatic carbocycles. The molecule has 98 valence electrons. The van der Waals surface area contributed by atoms with Gasteiger partial charge in [0.2, 0.25) is 0 Å². The maximum Gasteiger partial charge on any atom is 0.144 e. The van der Waals surface area contributed by atoms with Gasteiger partial charge in [-0.1, -0.05) is 20.8 Å². The van der Waals surface area contributed by atoms with Crippen LogP contribution in [0.4, 0.5) is 0 Å². The monoisotopic (exact) mass is 264 g/mol. The lowest BCUT2D eigenvalue weighted by Crippen LogP contribution is -2.43. The van der Waals surface area contributed by atoms with Gasteiger partial charge in [-0.3, -0.25) is 0 Å². The molecule has 0 bridgehead atoms. The molecule has 1 atom stereocenters. The van der Waals surface area contributed by atoms with Crippen LogP contribution in [-0.4, -0.2) is 34.6 Å². The Morgan fingerprint density at radius 3 is 2.06 bits per heavy atom. The summed E-state index contributed by atoms with van der Waals surface area (Å²) in [7, 11) is 0.928. The molecule has 0 aliphatic heterocycles. The fourth-order valence-electron chi connectivity index (χ4n) is 1.60. The lowest BCUT2D eigenvalue weighted by atomic mass is 10.1. The Hall–Kier alpha value is 0.487. The molecule has 0 saturated heterocycles. The highest BCUT2D eigenvalue weighted by Crippen LogP contribution is 2.25. The molecule has 2 nitrogen and oxygen atoms in total. The molecule has 0 aromatic rings. The minimum Gasteiger partial charge on any atom is -0.355 e. The third kappa shape index (κ3) is 6.28. The summed E-state index contributed by atoms with van der Waals surface area (Å²) in [6.07, 6.45) is 4.39. The van der Waals surface area contributed by atoms with Crippen LogP contribution >= 0.6 is 12.6 Å². The Kier molecular flexibility index (Phi) is 9.80. The van der Waals surface area contributed by atoms with Gasteiger partial charge >= 0.3 is 0 Å². The first-order chi connectivity index (χ1) is 7.60. The van der Waals surface area contributed by atoms with Crippen LogP contribution in [0.2, 0.25) is 0 Å². The van der Waals surface area contributed by atoms with E-state index < -0.39 is 0 Å².